The van der Waals surface area contributed by atoms with E-state index in [1.807, 2.05) is 17.9 Å². The quantitative estimate of drug-likeness (QED) is 0.775. The zero-order valence-corrected chi connectivity index (χ0v) is 12.6. The lowest BCUT2D eigenvalue weighted by Gasteiger charge is -2.19. The third kappa shape index (κ3) is 2.98. The molecule has 21 heavy (non-hydrogen) atoms. The van der Waals surface area contributed by atoms with Gasteiger partial charge >= 0.3 is 0 Å². The minimum absolute atomic E-state index is 0.288. The van der Waals surface area contributed by atoms with Crippen LogP contribution in [0.15, 0.2) is 54.7 Å². The van der Waals surface area contributed by atoms with Crippen LogP contribution in [0.4, 0.5) is 0 Å². The van der Waals surface area contributed by atoms with Gasteiger partial charge in [-0.05, 0) is 28.9 Å². The molecule has 3 aromatic rings. The molecule has 0 aliphatic carbocycles. The summed E-state index contributed by atoms with van der Waals surface area (Å²) in [6.07, 6.45) is 2.91. The summed E-state index contributed by atoms with van der Waals surface area (Å²) in [7, 11) is 1.96. The van der Waals surface area contributed by atoms with Gasteiger partial charge in [-0.1, -0.05) is 49.4 Å². The summed E-state index contributed by atoms with van der Waals surface area (Å²) in [5, 5.41) is 10.7. The van der Waals surface area contributed by atoms with Gasteiger partial charge in [-0.25, -0.2) is 0 Å². The average molecular weight is 279 g/mol. The van der Waals surface area contributed by atoms with Crippen molar-refractivity contribution >= 4 is 10.8 Å². The van der Waals surface area contributed by atoms with Crippen LogP contribution >= 0.6 is 0 Å². The molecule has 0 amide bonds. The van der Waals surface area contributed by atoms with Crippen molar-refractivity contribution in [2.45, 2.75) is 19.4 Å². The molecule has 1 N–H and O–H groups in total. The highest BCUT2D eigenvalue weighted by atomic mass is 15.2. The van der Waals surface area contributed by atoms with E-state index in [1.54, 1.807) is 0 Å². The first-order valence-electron chi connectivity index (χ1n) is 7.47. The summed E-state index contributed by atoms with van der Waals surface area (Å²) in [4.78, 5) is 0. The molecule has 1 heterocycles. The standard InChI is InChI=1S/C18H21N3/c1-3-19-18(13-15-11-12-21(2)20-15)17-10-6-8-14-7-4-5-9-16(14)17/h4-12,18-19H,3,13H2,1-2H3. The third-order valence-electron chi connectivity index (χ3n) is 3.83. The van der Waals surface area contributed by atoms with Crippen LogP contribution in [0.25, 0.3) is 10.8 Å². The molecule has 0 saturated heterocycles. The number of benzene rings is 2. The van der Waals surface area contributed by atoms with E-state index in [0.717, 1.165) is 18.7 Å². The number of likely N-dealkylation sites (N-methyl/N-ethyl adjacent to an activating group) is 1. The molecule has 3 rings (SSSR count). The summed E-state index contributed by atoms with van der Waals surface area (Å²) < 4.78 is 1.86. The Labute approximate surface area is 125 Å². The van der Waals surface area contributed by atoms with E-state index in [1.165, 1.54) is 16.3 Å². The second-order valence-corrected chi connectivity index (χ2v) is 5.36. The fourth-order valence-corrected chi connectivity index (χ4v) is 2.87. The van der Waals surface area contributed by atoms with E-state index < -0.39 is 0 Å². The Kier molecular flexibility index (Phi) is 4.02. The molecule has 3 nitrogen and oxygen atoms in total. The van der Waals surface area contributed by atoms with Crippen LogP contribution in [0, 0.1) is 0 Å². The average Bonchev–Trinajstić information content (AvgIpc) is 2.91. The molecule has 0 bridgehead atoms. The molecule has 3 heteroatoms. The first kappa shape index (κ1) is 13.8. The Hall–Kier alpha value is -2.13. The molecule has 0 aliphatic rings. The minimum Gasteiger partial charge on any atom is -0.310 e. The van der Waals surface area contributed by atoms with Crippen molar-refractivity contribution in [2.75, 3.05) is 6.54 Å². The van der Waals surface area contributed by atoms with Crippen molar-refractivity contribution < 1.29 is 0 Å². The van der Waals surface area contributed by atoms with Gasteiger partial charge < -0.3 is 5.32 Å². The van der Waals surface area contributed by atoms with Crippen LogP contribution in [-0.2, 0) is 13.5 Å². The first-order chi connectivity index (χ1) is 10.3. The zero-order valence-electron chi connectivity index (χ0n) is 12.6. The molecule has 1 aromatic heterocycles. The van der Waals surface area contributed by atoms with Gasteiger partial charge in [0.2, 0.25) is 0 Å². The topological polar surface area (TPSA) is 29.9 Å². The van der Waals surface area contributed by atoms with E-state index in [9.17, 15) is 0 Å². The van der Waals surface area contributed by atoms with Gasteiger partial charge in [0.05, 0.1) is 5.69 Å². The molecule has 0 fully saturated rings. The highest BCUT2D eigenvalue weighted by molar-refractivity contribution is 5.86. The van der Waals surface area contributed by atoms with Crippen LogP contribution < -0.4 is 5.32 Å². The van der Waals surface area contributed by atoms with E-state index in [0.29, 0.717) is 0 Å². The maximum Gasteiger partial charge on any atom is 0.0643 e. The van der Waals surface area contributed by atoms with E-state index in [2.05, 4.69) is 65.9 Å². The molecule has 0 saturated carbocycles. The maximum absolute atomic E-state index is 4.51. The van der Waals surface area contributed by atoms with Gasteiger partial charge in [-0.2, -0.15) is 5.10 Å². The predicted molar refractivity (Wildman–Crippen MR) is 87.3 cm³/mol. The van der Waals surface area contributed by atoms with E-state index in [-0.39, 0.29) is 6.04 Å². The maximum atomic E-state index is 4.51. The van der Waals surface area contributed by atoms with Crippen LogP contribution in [0.5, 0.6) is 0 Å². The molecular weight excluding hydrogens is 258 g/mol. The summed E-state index contributed by atoms with van der Waals surface area (Å²) in [5.41, 5.74) is 2.47. The highest BCUT2D eigenvalue weighted by Crippen LogP contribution is 2.26. The first-order valence-corrected chi connectivity index (χ1v) is 7.47. The van der Waals surface area contributed by atoms with Crippen LogP contribution in [0.1, 0.15) is 24.2 Å². The number of rotatable bonds is 5. The summed E-state index contributed by atoms with van der Waals surface area (Å²) in [6.45, 7) is 3.09. The monoisotopic (exact) mass is 279 g/mol. The van der Waals surface area contributed by atoms with Gasteiger partial charge in [-0.15, -0.1) is 0 Å². The number of nitrogens with one attached hydrogen (secondary N) is 1. The van der Waals surface area contributed by atoms with Crippen LogP contribution in [-0.4, -0.2) is 16.3 Å². The normalized spacial score (nSPS) is 12.7. The molecule has 1 atom stereocenters. The second-order valence-electron chi connectivity index (χ2n) is 5.36. The highest BCUT2D eigenvalue weighted by Gasteiger charge is 2.15. The van der Waals surface area contributed by atoms with Gasteiger partial charge in [0.15, 0.2) is 0 Å². The van der Waals surface area contributed by atoms with Crippen molar-refractivity contribution in [3.8, 4) is 0 Å². The Morgan fingerprint density at radius 2 is 1.90 bits per heavy atom. The molecule has 1 unspecified atom stereocenters. The molecule has 0 spiro atoms. The van der Waals surface area contributed by atoms with Gasteiger partial charge in [0, 0.05) is 25.7 Å². The lowest BCUT2D eigenvalue weighted by atomic mass is 9.96. The molecule has 0 aliphatic heterocycles. The summed E-state index contributed by atoms with van der Waals surface area (Å²) in [6, 6.07) is 17.5. The second kappa shape index (κ2) is 6.10. The number of hydrogen-bond acceptors (Lipinski definition) is 2. The molecule has 2 aromatic carbocycles. The Morgan fingerprint density at radius 1 is 1.10 bits per heavy atom. The Morgan fingerprint density at radius 3 is 2.67 bits per heavy atom. The van der Waals surface area contributed by atoms with E-state index >= 15 is 0 Å². The van der Waals surface area contributed by atoms with E-state index in [4.69, 9.17) is 0 Å². The fourth-order valence-electron chi connectivity index (χ4n) is 2.87. The number of fused-ring (bicyclic) bond motifs is 1. The van der Waals surface area contributed by atoms with Gasteiger partial charge in [-0.3, -0.25) is 4.68 Å². The van der Waals surface area contributed by atoms with Crippen molar-refractivity contribution in [3.05, 3.63) is 66.0 Å². The third-order valence-corrected chi connectivity index (χ3v) is 3.83. The van der Waals surface area contributed by atoms with Crippen molar-refractivity contribution in [1.29, 1.82) is 0 Å². The van der Waals surface area contributed by atoms with Crippen molar-refractivity contribution in [1.82, 2.24) is 15.1 Å². The summed E-state index contributed by atoms with van der Waals surface area (Å²) >= 11 is 0. The summed E-state index contributed by atoms with van der Waals surface area (Å²) in [5.74, 6) is 0. The largest absolute Gasteiger partial charge is 0.310 e. The number of aromatic nitrogens is 2. The minimum atomic E-state index is 0.288. The zero-order chi connectivity index (χ0) is 14.7. The lowest BCUT2D eigenvalue weighted by Crippen LogP contribution is -2.23. The van der Waals surface area contributed by atoms with Gasteiger partial charge in [0.1, 0.15) is 0 Å². The number of aryl methyl sites for hydroxylation is 1. The number of hydrogen-bond donors (Lipinski definition) is 1. The Bertz CT molecular complexity index is 725. The predicted octanol–water partition coefficient (Wildman–Crippen LogP) is 3.47. The SMILES string of the molecule is CCNC(Cc1ccn(C)n1)c1cccc2ccccc12. The molecule has 108 valence electrons. The fraction of sp³-hybridized carbons (Fsp3) is 0.278. The smallest absolute Gasteiger partial charge is 0.0643 e. The molecule has 0 radical (unpaired) electrons. The lowest BCUT2D eigenvalue weighted by molar-refractivity contribution is 0.543. The van der Waals surface area contributed by atoms with Crippen molar-refractivity contribution in [3.63, 3.8) is 0 Å². The Balaban J connectivity index is 1.98. The molecular formula is C18H21N3. The van der Waals surface area contributed by atoms with Crippen LogP contribution in [0.3, 0.4) is 0 Å². The van der Waals surface area contributed by atoms with Gasteiger partial charge in [0.25, 0.3) is 0 Å². The van der Waals surface area contributed by atoms with Crippen molar-refractivity contribution in [2.24, 2.45) is 7.05 Å². The number of nitrogens with zero attached hydrogens (tertiary/aromatic N) is 2. The van der Waals surface area contributed by atoms with Crippen LogP contribution in [0.2, 0.25) is 0 Å².